The van der Waals surface area contributed by atoms with Crippen LogP contribution in [0.2, 0.25) is 0 Å². The number of furan rings is 1. The number of rotatable bonds is 5. The summed E-state index contributed by atoms with van der Waals surface area (Å²) in [7, 11) is 1.63. The molecule has 6 heteroatoms. The van der Waals surface area contributed by atoms with Crippen molar-refractivity contribution in [1.29, 1.82) is 0 Å². The first-order valence-corrected chi connectivity index (χ1v) is 8.58. The van der Waals surface area contributed by atoms with Crippen molar-refractivity contribution in [2.45, 2.75) is 45.7 Å². The van der Waals surface area contributed by atoms with Gasteiger partial charge in [0, 0.05) is 31.5 Å². The van der Waals surface area contributed by atoms with Crippen molar-refractivity contribution in [2.75, 3.05) is 13.7 Å². The van der Waals surface area contributed by atoms with Crippen molar-refractivity contribution < 1.29 is 13.9 Å². The highest BCUT2D eigenvalue weighted by Crippen LogP contribution is 2.21. The lowest BCUT2D eigenvalue weighted by atomic mass is 9.91. The Labute approximate surface area is 146 Å². The van der Waals surface area contributed by atoms with Gasteiger partial charge in [-0.3, -0.25) is 9.59 Å². The van der Waals surface area contributed by atoms with Crippen molar-refractivity contribution >= 4 is 5.91 Å². The van der Waals surface area contributed by atoms with Crippen LogP contribution in [0.15, 0.2) is 27.4 Å². The summed E-state index contributed by atoms with van der Waals surface area (Å²) in [6, 6.07) is 5.31. The highest BCUT2D eigenvalue weighted by Gasteiger charge is 2.24. The summed E-state index contributed by atoms with van der Waals surface area (Å²) in [5.41, 5.74) is 2.77. The maximum atomic E-state index is 12.5. The largest absolute Gasteiger partial charge is 0.466 e. The van der Waals surface area contributed by atoms with E-state index in [4.69, 9.17) is 9.15 Å². The lowest BCUT2D eigenvalue weighted by molar-refractivity contribution is 0.0931. The van der Waals surface area contributed by atoms with Crippen LogP contribution < -0.4 is 10.9 Å². The van der Waals surface area contributed by atoms with E-state index in [1.165, 1.54) is 0 Å². The van der Waals surface area contributed by atoms with Crippen LogP contribution in [-0.2, 0) is 24.1 Å². The van der Waals surface area contributed by atoms with E-state index in [0.29, 0.717) is 24.5 Å². The molecule has 0 aromatic carbocycles. The molecule has 0 spiro atoms. The van der Waals surface area contributed by atoms with E-state index in [-0.39, 0.29) is 17.5 Å². The molecule has 1 aliphatic carbocycles. The summed E-state index contributed by atoms with van der Waals surface area (Å²) in [5.74, 6) is 1.27. The summed E-state index contributed by atoms with van der Waals surface area (Å²) >= 11 is 0. The van der Waals surface area contributed by atoms with Gasteiger partial charge in [-0.25, -0.2) is 0 Å². The predicted octanol–water partition coefficient (Wildman–Crippen LogP) is 1.99. The Kier molecular flexibility index (Phi) is 5.08. The Balaban J connectivity index is 1.74. The fourth-order valence-corrected chi connectivity index (χ4v) is 3.49. The Hall–Kier alpha value is -2.34. The number of carbonyl (C=O) groups is 1. The molecule has 3 rings (SSSR count). The van der Waals surface area contributed by atoms with Crippen molar-refractivity contribution in [3.8, 4) is 0 Å². The number of fused-ring (bicyclic) bond motifs is 1. The summed E-state index contributed by atoms with van der Waals surface area (Å²) in [6.07, 6.45) is 2.30. The van der Waals surface area contributed by atoms with Crippen molar-refractivity contribution in [1.82, 2.24) is 9.88 Å². The second-order valence-corrected chi connectivity index (χ2v) is 6.53. The average Bonchev–Trinajstić information content (AvgIpc) is 2.92. The van der Waals surface area contributed by atoms with Gasteiger partial charge in [-0.1, -0.05) is 6.07 Å². The van der Waals surface area contributed by atoms with E-state index in [0.717, 1.165) is 36.3 Å². The number of pyridine rings is 1. The van der Waals surface area contributed by atoms with Crippen LogP contribution in [0.1, 0.15) is 39.6 Å². The highest BCUT2D eigenvalue weighted by molar-refractivity contribution is 5.95. The van der Waals surface area contributed by atoms with Crippen molar-refractivity contribution in [2.24, 2.45) is 0 Å². The monoisotopic (exact) mass is 344 g/mol. The third kappa shape index (κ3) is 3.69. The van der Waals surface area contributed by atoms with E-state index in [2.05, 4.69) is 5.32 Å². The number of hydrogen-bond donors (Lipinski definition) is 1. The summed E-state index contributed by atoms with van der Waals surface area (Å²) in [5, 5.41) is 3.10. The van der Waals surface area contributed by atoms with Gasteiger partial charge in [-0.05, 0) is 44.7 Å². The lowest BCUT2D eigenvalue weighted by Crippen LogP contribution is -2.40. The highest BCUT2D eigenvalue weighted by atomic mass is 16.5. The van der Waals surface area contributed by atoms with Crippen LogP contribution >= 0.6 is 0 Å². The minimum absolute atomic E-state index is 0.00258. The molecule has 1 atom stereocenters. The van der Waals surface area contributed by atoms with Crippen LogP contribution in [0.5, 0.6) is 0 Å². The van der Waals surface area contributed by atoms with Gasteiger partial charge in [0.25, 0.3) is 11.5 Å². The number of methoxy groups -OCH3 is 1. The van der Waals surface area contributed by atoms with Crippen LogP contribution in [0.25, 0.3) is 0 Å². The fraction of sp³-hybridized carbons (Fsp3) is 0.474. The summed E-state index contributed by atoms with van der Waals surface area (Å²) in [6.45, 7) is 4.70. The van der Waals surface area contributed by atoms with Gasteiger partial charge in [0.2, 0.25) is 0 Å². The molecule has 0 aliphatic heterocycles. The van der Waals surface area contributed by atoms with Gasteiger partial charge in [0.1, 0.15) is 11.5 Å². The van der Waals surface area contributed by atoms with Crippen molar-refractivity contribution in [3.63, 3.8) is 0 Å². The van der Waals surface area contributed by atoms with E-state index >= 15 is 0 Å². The number of nitrogens with one attached hydrogen (secondary N) is 1. The molecule has 2 heterocycles. The van der Waals surface area contributed by atoms with E-state index in [1.54, 1.807) is 30.7 Å². The Bertz CT molecular complexity index is 834. The molecule has 2 aromatic heterocycles. The first-order chi connectivity index (χ1) is 12.0. The second-order valence-electron chi connectivity index (χ2n) is 6.53. The van der Waals surface area contributed by atoms with Crippen LogP contribution in [0, 0.1) is 13.8 Å². The molecule has 0 saturated heterocycles. The average molecular weight is 344 g/mol. The number of carbonyl (C=O) groups excluding carboxylic acids is 1. The van der Waals surface area contributed by atoms with E-state index in [9.17, 15) is 9.59 Å². The van der Waals surface area contributed by atoms with Crippen LogP contribution in [0.4, 0.5) is 0 Å². The first kappa shape index (κ1) is 17.5. The molecule has 0 unspecified atom stereocenters. The summed E-state index contributed by atoms with van der Waals surface area (Å²) in [4.78, 5) is 24.6. The molecule has 25 heavy (non-hydrogen) atoms. The summed E-state index contributed by atoms with van der Waals surface area (Å²) < 4.78 is 12.3. The molecule has 0 fully saturated rings. The van der Waals surface area contributed by atoms with Gasteiger partial charge < -0.3 is 19.0 Å². The van der Waals surface area contributed by atoms with Gasteiger partial charge in [-0.2, -0.15) is 0 Å². The third-order valence-electron chi connectivity index (χ3n) is 4.73. The second kappa shape index (κ2) is 7.27. The molecule has 1 aliphatic rings. The van der Waals surface area contributed by atoms with Gasteiger partial charge in [0.15, 0.2) is 0 Å². The smallest absolute Gasteiger partial charge is 0.255 e. The number of hydrogen-bond acceptors (Lipinski definition) is 4. The Morgan fingerprint density at radius 1 is 1.40 bits per heavy atom. The van der Waals surface area contributed by atoms with Crippen LogP contribution in [-0.4, -0.2) is 30.2 Å². The van der Waals surface area contributed by atoms with Gasteiger partial charge in [-0.15, -0.1) is 0 Å². The number of nitrogens with zero attached hydrogens (tertiary/aromatic N) is 1. The number of aryl methyl sites for hydroxylation is 2. The minimum atomic E-state index is -0.101. The topological polar surface area (TPSA) is 73.5 Å². The van der Waals surface area contributed by atoms with Gasteiger partial charge in [0.05, 0.1) is 12.2 Å². The molecule has 134 valence electrons. The molecule has 2 aromatic rings. The molecular weight excluding hydrogens is 320 g/mol. The minimum Gasteiger partial charge on any atom is -0.466 e. The molecule has 0 saturated carbocycles. The standard InChI is InChI=1S/C19H24N2O4/c1-12-10-16(13(2)25-12)19(23)20-15-5-6-17-14(11-15)4-7-18(22)21(17)8-9-24-3/h4,7,10,15H,5-6,8-9,11H2,1-3H3,(H,20,23)/t15-/m1/s1. The number of ether oxygens (including phenoxy) is 1. The first-order valence-electron chi connectivity index (χ1n) is 8.58. The quantitative estimate of drug-likeness (QED) is 0.900. The lowest BCUT2D eigenvalue weighted by Gasteiger charge is -2.27. The molecule has 0 radical (unpaired) electrons. The Morgan fingerprint density at radius 2 is 2.20 bits per heavy atom. The third-order valence-corrected chi connectivity index (χ3v) is 4.73. The van der Waals surface area contributed by atoms with Gasteiger partial charge >= 0.3 is 0 Å². The number of amides is 1. The predicted molar refractivity (Wildman–Crippen MR) is 94.0 cm³/mol. The Morgan fingerprint density at radius 3 is 2.88 bits per heavy atom. The molecule has 1 N–H and O–H groups in total. The molecule has 6 nitrogen and oxygen atoms in total. The van der Waals surface area contributed by atoms with E-state index < -0.39 is 0 Å². The maximum Gasteiger partial charge on any atom is 0.255 e. The molecule has 0 bridgehead atoms. The normalized spacial score (nSPS) is 16.5. The van der Waals surface area contributed by atoms with Crippen molar-refractivity contribution in [3.05, 3.63) is 56.9 Å². The van der Waals surface area contributed by atoms with E-state index in [1.807, 2.05) is 13.0 Å². The zero-order valence-electron chi connectivity index (χ0n) is 14.9. The van der Waals surface area contributed by atoms with Crippen LogP contribution in [0.3, 0.4) is 0 Å². The SMILES string of the molecule is COCCn1c2c(ccc1=O)C[C@H](NC(=O)c1cc(C)oc1C)CC2. The number of aromatic nitrogens is 1. The molecule has 1 amide bonds. The fourth-order valence-electron chi connectivity index (χ4n) is 3.49. The zero-order valence-corrected chi connectivity index (χ0v) is 14.9. The zero-order chi connectivity index (χ0) is 18.0. The maximum absolute atomic E-state index is 12.5. The molecular formula is C19H24N2O4.